The molecule has 1 spiro atoms. The Morgan fingerprint density at radius 2 is 2.06 bits per heavy atom. The van der Waals surface area contributed by atoms with Crippen molar-refractivity contribution in [2.75, 3.05) is 25.0 Å². The number of nitrogens with one attached hydrogen (secondary N) is 1. The Balaban J connectivity index is 0.000000775. The quantitative estimate of drug-likeness (QED) is 0.685. The number of carbonyl (C=O) groups is 4. The van der Waals surface area contributed by atoms with E-state index in [1.807, 2.05) is 37.5 Å². The number of fused-ring (bicyclic) bond motifs is 2. The molecule has 0 aliphatic carbocycles. The molecule has 3 aliphatic heterocycles. The predicted octanol–water partition coefficient (Wildman–Crippen LogP) is 0.907. The van der Waals surface area contributed by atoms with Crippen molar-refractivity contribution < 1.29 is 24.3 Å². The SMILES string of the molecule is Cn1cc([C@@H]2N(C(=O)CN3CCCC3=O)CC[C@]23C(=O)Nc2ccccc23)cn1.O=CO. The molecule has 4 heterocycles. The number of rotatable bonds is 3. The lowest BCUT2D eigenvalue weighted by molar-refractivity contribution is -0.139. The number of anilines is 1. The molecule has 1 aromatic carbocycles. The number of aryl methyl sites for hydroxylation is 1. The van der Waals surface area contributed by atoms with Crippen LogP contribution in [-0.4, -0.2) is 68.5 Å². The van der Waals surface area contributed by atoms with Crippen LogP contribution in [0.2, 0.25) is 0 Å². The van der Waals surface area contributed by atoms with Crippen molar-refractivity contribution in [3.05, 3.63) is 47.8 Å². The molecule has 32 heavy (non-hydrogen) atoms. The lowest BCUT2D eigenvalue weighted by Gasteiger charge is -2.34. The topological polar surface area (TPSA) is 125 Å². The largest absolute Gasteiger partial charge is 0.483 e. The number of hydrogen-bond acceptors (Lipinski definition) is 5. The van der Waals surface area contributed by atoms with Crippen LogP contribution in [0.3, 0.4) is 0 Å². The minimum absolute atomic E-state index is 0.0224. The predicted molar refractivity (Wildman–Crippen MR) is 114 cm³/mol. The van der Waals surface area contributed by atoms with Crippen molar-refractivity contribution in [2.24, 2.45) is 7.05 Å². The molecule has 0 radical (unpaired) electrons. The molecule has 2 N–H and O–H groups in total. The Kier molecular flexibility index (Phi) is 5.68. The molecule has 2 atom stereocenters. The molecule has 0 saturated carbocycles. The molecule has 3 aliphatic rings. The number of nitrogens with zero attached hydrogens (tertiary/aromatic N) is 4. The fourth-order valence-corrected chi connectivity index (χ4v) is 5.13. The average molecular weight is 439 g/mol. The summed E-state index contributed by atoms with van der Waals surface area (Å²) in [5.41, 5.74) is 1.71. The molecule has 3 amide bonds. The summed E-state index contributed by atoms with van der Waals surface area (Å²) in [6.45, 7) is 0.890. The van der Waals surface area contributed by atoms with Crippen LogP contribution in [0.5, 0.6) is 0 Å². The summed E-state index contributed by atoms with van der Waals surface area (Å²) in [5, 5.41) is 14.2. The van der Waals surface area contributed by atoms with Crippen molar-refractivity contribution in [2.45, 2.75) is 30.7 Å². The van der Waals surface area contributed by atoms with Crippen molar-refractivity contribution in [1.29, 1.82) is 0 Å². The fraction of sp³-hybridized carbons (Fsp3) is 0.409. The molecule has 2 fully saturated rings. The Bertz CT molecular complexity index is 1070. The van der Waals surface area contributed by atoms with E-state index in [9.17, 15) is 14.4 Å². The van der Waals surface area contributed by atoms with Gasteiger partial charge in [-0.3, -0.25) is 23.9 Å². The van der Waals surface area contributed by atoms with Gasteiger partial charge in [0.15, 0.2) is 0 Å². The lowest BCUT2D eigenvalue weighted by Crippen LogP contribution is -2.45. The van der Waals surface area contributed by atoms with Gasteiger partial charge in [0, 0.05) is 44.0 Å². The first kappa shape index (κ1) is 21.5. The van der Waals surface area contributed by atoms with Crippen LogP contribution in [0, 0.1) is 0 Å². The van der Waals surface area contributed by atoms with Gasteiger partial charge in [0.2, 0.25) is 17.7 Å². The first-order chi connectivity index (χ1) is 15.4. The second kappa shape index (κ2) is 8.45. The smallest absolute Gasteiger partial charge is 0.290 e. The lowest BCUT2D eigenvalue weighted by atomic mass is 9.73. The fourth-order valence-electron chi connectivity index (χ4n) is 5.13. The van der Waals surface area contributed by atoms with Crippen LogP contribution >= 0.6 is 0 Å². The van der Waals surface area contributed by atoms with Gasteiger partial charge < -0.3 is 20.2 Å². The zero-order valence-electron chi connectivity index (χ0n) is 17.7. The maximum atomic E-state index is 13.3. The van der Waals surface area contributed by atoms with E-state index in [4.69, 9.17) is 9.90 Å². The number of amides is 3. The van der Waals surface area contributed by atoms with E-state index < -0.39 is 11.5 Å². The summed E-state index contributed by atoms with van der Waals surface area (Å²) in [6.07, 6.45) is 5.42. The van der Waals surface area contributed by atoms with Crippen LogP contribution in [0.15, 0.2) is 36.7 Å². The number of hydrogen-bond donors (Lipinski definition) is 2. The van der Waals surface area contributed by atoms with Gasteiger partial charge in [-0.25, -0.2) is 0 Å². The molecule has 0 bridgehead atoms. The number of likely N-dealkylation sites (tertiary alicyclic amines) is 2. The van der Waals surface area contributed by atoms with Gasteiger partial charge in [0.1, 0.15) is 5.41 Å². The third-order valence-corrected chi connectivity index (χ3v) is 6.45. The molecule has 168 valence electrons. The zero-order valence-corrected chi connectivity index (χ0v) is 17.7. The molecule has 2 saturated heterocycles. The van der Waals surface area contributed by atoms with Gasteiger partial charge in [-0.2, -0.15) is 5.10 Å². The van der Waals surface area contributed by atoms with Crippen LogP contribution in [-0.2, 0) is 31.6 Å². The third kappa shape index (κ3) is 3.41. The molecule has 5 rings (SSSR count). The van der Waals surface area contributed by atoms with E-state index in [0.29, 0.717) is 25.9 Å². The maximum Gasteiger partial charge on any atom is 0.290 e. The van der Waals surface area contributed by atoms with E-state index in [1.165, 1.54) is 0 Å². The zero-order chi connectivity index (χ0) is 22.9. The standard InChI is InChI=1S/C21H23N5O3.CH2O2/c1-24-12-14(11-22-24)19-21(15-5-2-3-6-16(15)23-20(21)29)8-10-26(19)18(28)13-25-9-4-7-17(25)27;2-1-3/h2-3,5-6,11-12,19H,4,7-10,13H2,1H3,(H,23,29);1H,(H,2,3)/t19-,21+;/m0./s1. The van der Waals surface area contributed by atoms with Crippen molar-refractivity contribution >= 4 is 29.9 Å². The van der Waals surface area contributed by atoms with E-state index in [1.54, 1.807) is 20.7 Å². The Morgan fingerprint density at radius 3 is 2.72 bits per heavy atom. The molecule has 10 nitrogen and oxygen atoms in total. The highest BCUT2D eigenvalue weighted by Crippen LogP contribution is 2.54. The number of benzene rings is 1. The van der Waals surface area contributed by atoms with Crippen LogP contribution < -0.4 is 5.32 Å². The molecule has 10 heteroatoms. The van der Waals surface area contributed by atoms with E-state index in [-0.39, 0.29) is 30.7 Å². The second-order valence-electron chi connectivity index (χ2n) is 8.18. The summed E-state index contributed by atoms with van der Waals surface area (Å²) < 4.78 is 1.69. The summed E-state index contributed by atoms with van der Waals surface area (Å²) in [5.74, 6) is -0.183. The monoisotopic (exact) mass is 439 g/mol. The van der Waals surface area contributed by atoms with Crippen LogP contribution in [0.4, 0.5) is 5.69 Å². The minimum Gasteiger partial charge on any atom is -0.483 e. The minimum atomic E-state index is -0.843. The Morgan fingerprint density at radius 1 is 1.31 bits per heavy atom. The van der Waals surface area contributed by atoms with Crippen molar-refractivity contribution in [3.63, 3.8) is 0 Å². The molecule has 1 aromatic heterocycles. The number of carbonyl (C=O) groups excluding carboxylic acids is 3. The van der Waals surface area contributed by atoms with Gasteiger partial charge >= 0.3 is 0 Å². The van der Waals surface area contributed by atoms with Gasteiger partial charge in [0.25, 0.3) is 6.47 Å². The summed E-state index contributed by atoms with van der Waals surface area (Å²) in [4.78, 5) is 50.3. The normalized spacial score (nSPS) is 23.7. The number of para-hydroxylation sites is 1. The number of aromatic nitrogens is 2. The molecular formula is C22H25N5O5. The van der Waals surface area contributed by atoms with Crippen molar-refractivity contribution in [3.8, 4) is 0 Å². The highest BCUT2D eigenvalue weighted by atomic mass is 16.3. The third-order valence-electron chi connectivity index (χ3n) is 6.45. The highest BCUT2D eigenvalue weighted by Gasteiger charge is 2.59. The number of carboxylic acid groups (broad SMARTS) is 1. The average Bonchev–Trinajstić information content (AvgIpc) is 3.52. The highest BCUT2D eigenvalue weighted by molar-refractivity contribution is 6.07. The summed E-state index contributed by atoms with van der Waals surface area (Å²) >= 11 is 0. The summed E-state index contributed by atoms with van der Waals surface area (Å²) in [6, 6.07) is 7.23. The van der Waals surface area contributed by atoms with E-state index in [0.717, 1.165) is 23.2 Å². The van der Waals surface area contributed by atoms with Gasteiger partial charge in [-0.1, -0.05) is 18.2 Å². The van der Waals surface area contributed by atoms with Crippen LogP contribution in [0.1, 0.15) is 36.4 Å². The first-order valence-corrected chi connectivity index (χ1v) is 10.5. The van der Waals surface area contributed by atoms with Gasteiger partial charge in [-0.15, -0.1) is 0 Å². The van der Waals surface area contributed by atoms with Crippen LogP contribution in [0.25, 0.3) is 0 Å². The van der Waals surface area contributed by atoms with Gasteiger partial charge in [0.05, 0.1) is 18.8 Å². The maximum absolute atomic E-state index is 13.3. The van der Waals surface area contributed by atoms with Gasteiger partial charge in [-0.05, 0) is 24.5 Å². The van der Waals surface area contributed by atoms with E-state index >= 15 is 0 Å². The van der Waals surface area contributed by atoms with E-state index in [2.05, 4.69) is 10.4 Å². The van der Waals surface area contributed by atoms with Crippen molar-refractivity contribution in [1.82, 2.24) is 19.6 Å². The summed E-state index contributed by atoms with van der Waals surface area (Å²) in [7, 11) is 1.82. The first-order valence-electron chi connectivity index (χ1n) is 10.5. The molecule has 2 aromatic rings. The Hall–Kier alpha value is -3.69. The Labute approximate surface area is 184 Å². The molecular weight excluding hydrogens is 414 g/mol. The molecule has 0 unspecified atom stereocenters. The second-order valence-corrected chi connectivity index (χ2v) is 8.18.